The van der Waals surface area contributed by atoms with E-state index in [2.05, 4.69) is 88.6 Å². The van der Waals surface area contributed by atoms with Gasteiger partial charge in [-0.2, -0.15) is 0 Å². The highest BCUT2D eigenvalue weighted by molar-refractivity contribution is 14.1. The molecule has 1 N–H and O–H groups in total. The van der Waals surface area contributed by atoms with Crippen molar-refractivity contribution in [2.75, 3.05) is 12.4 Å². The molecule has 1 aliphatic heterocycles. The molecule has 0 saturated carbocycles. The van der Waals surface area contributed by atoms with Gasteiger partial charge in [0.05, 0.1) is 22.4 Å². The minimum absolute atomic E-state index is 0.281. The summed E-state index contributed by atoms with van der Waals surface area (Å²) in [5.41, 5.74) is 6.79. The Morgan fingerprint density at radius 2 is 1.87 bits per heavy atom. The number of halogens is 2. The molecule has 3 atom stereocenters. The van der Waals surface area contributed by atoms with Gasteiger partial charge in [-0.3, -0.25) is 4.99 Å². The number of allylic oxidation sites excluding steroid dienone is 2. The maximum Gasteiger partial charge on any atom is 0.174 e. The number of nitrogens with zero attached hydrogens (tertiary/aromatic N) is 1. The first-order valence-electron chi connectivity index (χ1n) is 13.0. The van der Waals surface area contributed by atoms with Crippen LogP contribution >= 0.6 is 34.2 Å². The Morgan fingerprint density at radius 1 is 1.03 bits per heavy atom. The topological polar surface area (TPSA) is 42.8 Å². The zero-order valence-electron chi connectivity index (χ0n) is 21.5. The Kier molecular flexibility index (Phi) is 7.62. The standard InChI is InChI=1S/C33H28ClIN2O2/c1-38-31-18-22(17-29(35)33(31)39-20-21-6-4-7-24(34)16-21)19-36-25-14-12-23(13-15-25)32-28-10-5-9-26(28)27-8-2-3-11-30(27)37-32/h2-9,11-19,26,28,32,37H,10,20H2,1H3/t26-,28-,32+/m1/s1. The molecule has 6 rings (SSSR count). The summed E-state index contributed by atoms with van der Waals surface area (Å²) < 4.78 is 12.7. The van der Waals surface area contributed by atoms with Crippen LogP contribution in [-0.4, -0.2) is 13.3 Å². The molecule has 2 aliphatic rings. The van der Waals surface area contributed by atoms with E-state index in [-0.39, 0.29) is 6.04 Å². The van der Waals surface area contributed by atoms with Crippen LogP contribution in [0.4, 0.5) is 11.4 Å². The number of hydrogen-bond acceptors (Lipinski definition) is 4. The van der Waals surface area contributed by atoms with Crippen LogP contribution in [0, 0.1) is 9.49 Å². The Morgan fingerprint density at radius 3 is 2.69 bits per heavy atom. The van der Waals surface area contributed by atoms with E-state index in [0.717, 1.165) is 26.8 Å². The molecule has 0 radical (unpaired) electrons. The summed E-state index contributed by atoms with van der Waals surface area (Å²) in [5.74, 6) is 2.38. The summed E-state index contributed by atoms with van der Waals surface area (Å²) >= 11 is 8.38. The average Bonchev–Trinajstić information content (AvgIpc) is 3.46. The third kappa shape index (κ3) is 5.56. The van der Waals surface area contributed by atoms with Gasteiger partial charge >= 0.3 is 0 Å². The van der Waals surface area contributed by atoms with Crippen LogP contribution in [0.1, 0.15) is 40.6 Å². The summed E-state index contributed by atoms with van der Waals surface area (Å²) in [7, 11) is 1.65. The largest absolute Gasteiger partial charge is 0.493 e. The lowest BCUT2D eigenvalue weighted by atomic mass is 9.77. The van der Waals surface area contributed by atoms with Crippen molar-refractivity contribution < 1.29 is 9.47 Å². The molecule has 0 saturated heterocycles. The van der Waals surface area contributed by atoms with Crippen LogP contribution in [0.3, 0.4) is 0 Å². The van der Waals surface area contributed by atoms with Crippen LogP contribution in [0.15, 0.2) is 102 Å². The molecule has 0 spiro atoms. The number of aliphatic imine (C=N–C) groups is 1. The monoisotopic (exact) mass is 646 g/mol. The lowest BCUT2D eigenvalue weighted by molar-refractivity contribution is 0.282. The van der Waals surface area contributed by atoms with Crippen LogP contribution < -0.4 is 14.8 Å². The highest BCUT2D eigenvalue weighted by Gasteiger charge is 2.37. The number of anilines is 1. The van der Waals surface area contributed by atoms with Crippen molar-refractivity contribution in [1.82, 2.24) is 0 Å². The molecular weight excluding hydrogens is 619 g/mol. The van der Waals surface area contributed by atoms with Crippen molar-refractivity contribution in [1.29, 1.82) is 0 Å². The lowest BCUT2D eigenvalue weighted by Gasteiger charge is -2.37. The first-order valence-corrected chi connectivity index (χ1v) is 14.5. The van der Waals surface area contributed by atoms with Crippen LogP contribution in [0.25, 0.3) is 0 Å². The smallest absolute Gasteiger partial charge is 0.174 e. The fraction of sp³-hybridized carbons (Fsp3) is 0.182. The Bertz CT molecular complexity index is 1550. The molecule has 196 valence electrons. The molecule has 6 heteroatoms. The van der Waals surface area contributed by atoms with Crippen LogP contribution in [-0.2, 0) is 6.61 Å². The van der Waals surface area contributed by atoms with Gasteiger partial charge in [-0.1, -0.05) is 66.2 Å². The van der Waals surface area contributed by atoms with Crippen molar-refractivity contribution in [3.63, 3.8) is 0 Å². The molecular formula is C33H28ClIN2O2. The number of fused-ring (bicyclic) bond motifs is 3. The van der Waals surface area contributed by atoms with E-state index in [4.69, 9.17) is 26.1 Å². The predicted octanol–water partition coefficient (Wildman–Crippen LogP) is 9.11. The van der Waals surface area contributed by atoms with Crippen molar-refractivity contribution >= 4 is 51.8 Å². The van der Waals surface area contributed by atoms with Gasteiger partial charge in [0.2, 0.25) is 0 Å². The van der Waals surface area contributed by atoms with E-state index in [1.807, 2.05) is 42.6 Å². The summed E-state index contributed by atoms with van der Waals surface area (Å²) in [6, 6.07) is 29.2. The van der Waals surface area contributed by atoms with Gasteiger partial charge in [-0.25, -0.2) is 0 Å². The van der Waals surface area contributed by atoms with Gasteiger partial charge in [0, 0.05) is 22.8 Å². The van der Waals surface area contributed by atoms with E-state index in [9.17, 15) is 0 Å². The van der Waals surface area contributed by atoms with Crippen molar-refractivity contribution in [3.05, 3.63) is 128 Å². The normalized spacial score (nSPS) is 19.4. The van der Waals surface area contributed by atoms with Gasteiger partial charge in [0.25, 0.3) is 0 Å². The molecule has 0 unspecified atom stereocenters. The highest BCUT2D eigenvalue weighted by Crippen LogP contribution is 2.49. The molecule has 4 aromatic rings. The minimum atomic E-state index is 0.281. The number of hydrogen-bond donors (Lipinski definition) is 1. The van der Waals surface area contributed by atoms with Gasteiger partial charge in [-0.05, 0) is 99.6 Å². The number of benzene rings is 4. The van der Waals surface area contributed by atoms with Crippen LogP contribution in [0.2, 0.25) is 5.02 Å². The number of para-hydroxylation sites is 1. The highest BCUT2D eigenvalue weighted by atomic mass is 127. The summed E-state index contributed by atoms with van der Waals surface area (Å²) in [5, 5.41) is 4.49. The number of ether oxygens (including phenoxy) is 2. The number of methoxy groups -OCH3 is 1. The van der Waals surface area contributed by atoms with Crippen LogP contribution in [0.5, 0.6) is 11.5 Å². The zero-order chi connectivity index (χ0) is 26.8. The number of rotatable bonds is 7. The predicted molar refractivity (Wildman–Crippen MR) is 168 cm³/mol. The second kappa shape index (κ2) is 11.4. The SMILES string of the molecule is COc1cc(C=Nc2ccc([C@@H]3Nc4ccccc4[C@H]4C=CC[C@H]43)cc2)cc(I)c1OCc1cccc(Cl)c1. The zero-order valence-corrected chi connectivity index (χ0v) is 24.4. The van der Waals surface area contributed by atoms with E-state index >= 15 is 0 Å². The van der Waals surface area contributed by atoms with Gasteiger partial charge < -0.3 is 14.8 Å². The molecule has 4 aromatic carbocycles. The van der Waals surface area contributed by atoms with Crippen molar-refractivity contribution in [2.24, 2.45) is 10.9 Å². The van der Waals surface area contributed by atoms with Gasteiger partial charge in [0.1, 0.15) is 6.61 Å². The maximum absolute atomic E-state index is 6.11. The fourth-order valence-corrected chi connectivity index (χ4v) is 6.52. The minimum Gasteiger partial charge on any atom is -0.493 e. The molecule has 0 bridgehead atoms. The van der Waals surface area contributed by atoms with Gasteiger partial charge in [0.15, 0.2) is 11.5 Å². The van der Waals surface area contributed by atoms with E-state index in [1.54, 1.807) is 7.11 Å². The summed E-state index contributed by atoms with van der Waals surface area (Å²) in [6.45, 7) is 0.409. The Labute approximate surface area is 247 Å². The molecule has 1 aliphatic carbocycles. The third-order valence-electron chi connectivity index (χ3n) is 7.41. The Balaban J connectivity index is 1.17. The molecule has 1 heterocycles. The second-order valence-corrected chi connectivity index (χ2v) is 11.5. The molecule has 0 fully saturated rings. The van der Waals surface area contributed by atoms with Gasteiger partial charge in [-0.15, -0.1) is 0 Å². The summed E-state index contributed by atoms with van der Waals surface area (Å²) in [6.07, 6.45) is 7.66. The van der Waals surface area contributed by atoms with E-state index in [1.165, 1.54) is 16.8 Å². The first kappa shape index (κ1) is 26.0. The first-order chi connectivity index (χ1) is 19.1. The average molecular weight is 647 g/mol. The van der Waals surface area contributed by atoms with Crippen molar-refractivity contribution in [2.45, 2.75) is 25.0 Å². The van der Waals surface area contributed by atoms with E-state index in [0.29, 0.717) is 35.0 Å². The van der Waals surface area contributed by atoms with Crippen molar-refractivity contribution in [3.8, 4) is 11.5 Å². The Hall–Kier alpha value is -3.29. The van der Waals surface area contributed by atoms with E-state index < -0.39 is 0 Å². The lowest BCUT2D eigenvalue weighted by Crippen LogP contribution is -2.28. The second-order valence-electron chi connectivity index (χ2n) is 9.87. The molecule has 39 heavy (non-hydrogen) atoms. The fourth-order valence-electron chi connectivity index (χ4n) is 5.53. The number of nitrogens with one attached hydrogen (secondary N) is 1. The molecule has 0 amide bonds. The maximum atomic E-state index is 6.11. The molecule has 0 aromatic heterocycles. The summed E-state index contributed by atoms with van der Waals surface area (Å²) in [4.78, 5) is 4.74. The third-order valence-corrected chi connectivity index (χ3v) is 8.45. The quantitative estimate of drug-likeness (QED) is 0.124. The molecule has 4 nitrogen and oxygen atoms in total.